The molecule has 2 aliphatic rings. The van der Waals surface area contributed by atoms with Crippen LogP contribution in [0.25, 0.3) is 32.9 Å². The van der Waals surface area contributed by atoms with E-state index < -0.39 is 0 Å². The normalized spacial score (nSPS) is 18.2. The Hall–Kier alpha value is -3.28. The number of methoxy groups -OCH3 is 1. The monoisotopic (exact) mass is 484 g/mol. The van der Waals surface area contributed by atoms with Gasteiger partial charge in [0.15, 0.2) is 0 Å². The Morgan fingerprint density at radius 2 is 1.97 bits per heavy atom. The van der Waals surface area contributed by atoms with Crippen LogP contribution in [-0.4, -0.2) is 35.2 Å². The molecule has 1 saturated carbocycles. The number of fused-ring (bicyclic) bond motifs is 2. The highest BCUT2D eigenvalue weighted by Gasteiger charge is 2.27. The van der Waals surface area contributed by atoms with Gasteiger partial charge in [-0.1, -0.05) is 26.0 Å². The van der Waals surface area contributed by atoms with E-state index in [4.69, 9.17) is 19.7 Å². The summed E-state index contributed by atoms with van der Waals surface area (Å²) in [6.45, 7) is 8.30. The first-order chi connectivity index (χ1) is 17.5. The maximum absolute atomic E-state index is 15.0. The molecule has 5 nitrogen and oxygen atoms in total. The summed E-state index contributed by atoms with van der Waals surface area (Å²) in [6.07, 6.45) is 7.33. The Labute approximate surface area is 211 Å². The van der Waals surface area contributed by atoms with Crippen molar-refractivity contribution in [2.75, 3.05) is 25.1 Å². The summed E-state index contributed by atoms with van der Waals surface area (Å²) in [6, 6.07) is 8.37. The molecule has 2 aromatic heterocycles. The van der Waals surface area contributed by atoms with Crippen molar-refractivity contribution in [3.8, 4) is 17.3 Å². The second-order valence-electron chi connectivity index (χ2n) is 10.5. The van der Waals surface area contributed by atoms with Crippen molar-refractivity contribution in [2.24, 2.45) is 5.92 Å². The number of pyridine rings is 1. The highest BCUT2D eigenvalue weighted by Crippen LogP contribution is 2.45. The van der Waals surface area contributed by atoms with E-state index in [9.17, 15) is 4.39 Å². The zero-order valence-electron chi connectivity index (χ0n) is 21.6. The summed E-state index contributed by atoms with van der Waals surface area (Å²) < 4.78 is 20.5. The Morgan fingerprint density at radius 3 is 2.69 bits per heavy atom. The van der Waals surface area contributed by atoms with Crippen LogP contribution in [0.2, 0.25) is 0 Å². The van der Waals surface area contributed by atoms with E-state index in [0.717, 1.165) is 69.4 Å². The first-order valence-corrected chi connectivity index (χ1v) is 13.2. The molecule has 1 aliphatic heterocycles. The lowest BCUT2D eigenvalue weighted by Crippen LogP contribution is -2.35. The first kappa shape index (κ1) is 23.1. The Balaban J connectivity index is 1.61. The molecular formula is C30H33FN4O. The number of benzene rings is 2. The second-order valence-corrected chi connectivity index (χ2v) is 10.5. The van der Waals surface area contributed by atoms with Gasteiger partial charge in [0.2, 0.25) is 0 Å². The zero-order chi connectivity index (χ0) is 25.0. The molecule has 2 aromatic carbocycles. The Morgan fingerprint density at radius 1 is 1.14 bits per heavy atom. The zero-order valence-corrected chi connectivity index (χ0v) is 21.6. The third-order valence-electron chi connectivity index (χ3n) is 7.93. The van der Waals surface area contributed by atoms with Crippen molar-refractivity contribution in [2.45, 2.75) is 58.8 Å². The second kappa shape index (κ2) is 8.99. The molecular weight excluding hydrogens is 451 g/mol. The fraction of sp³-hybridized carbons (Fsp3) is 0.433. The highest BCUT2D eigenvalue weighted by molar-refractivity contribution is 6.02. The quantitative estimate of drug-likeness (QED) is 0.306. The molecule has 6 heteroatoms. The van der Waals surface area contributed by atoms with Crippen LogP contribution in [0, 0.1) is 18.7 Å². The number of rotatable bonds is 5. The van der Waals surface area contributed by atoms with Gasteiger partial charge in [-0.2, -0.15) is 9.97 Å². The van der Waals surface area contributed by atoms with Crippen LogP contribution >= 0.6 is 0 Å². The number of ether oxygens (including phenoxy) is 1. The minimum Gasteiger partial charge on any atom is -0.467 e. The fourth-order valence-electron chi connectivity index (χ4n) is 5.89. The molecule has 0 amide bonds. The molecule has 0 spiro atoms. The smallest absolute Gasteiger partial charge is 0.318 e. The van der Waals surface area contributed by atoms with Gasteiger partial charge in [-0.05, 0) is 84.9 Å². The van der Waals surface area contributed by atoms with E-state index >= 15 is 0 Å². The fourth-order valence-corrected chi connectivity index (χ4v) is 5.89. The maximum atomic E-state index is 15.0. The summed E-state index contributed by atoms with van der Waals surface area (Å²) in [5, 5.41) is 2.98. The number of nitrogens with zero attached hydrogens (tertiary/aromatic N) is 4. The summed E-state index contributed by atoms with van der Waals surface area (Å²) in [4.78, 5) is 16.9. The van der Waals surface area contributed by atoms with Crippen molar-refractivity contribution < 1.29 is 9.13 Å². The van der Waals surface area contributed by atoms with E-state index in [1.54, 1.807) is 13.2 Å². The highest BCUT2D eigenvalue weighted by atomic mass is 19.1. The number of anilines is 1. The van der Waals surface area contributed by atoms with Gasteiger partial charge in [-0.25, -0.2) is 4.39 Å². The summed E-state index contributed by atoms with van der Waals surface area (Å²) in [5.41, 5.74) is 5.73. The Bertz CT molecular complexity index is 1480. The van der Waals surface area contributed by atoms with Crippen molar-refractivity contribution in [3.05, 3.63) is 53.0 Å². The minimum atomic E-state index is -0.158. The SMILES string of the molecule is CCc1c(F)ccc2cc(C3CC3)cc(-c3ncc4c(N5CCCC(C)C5)nc(OC)nc4c3C)c12. The summed E-state index contributed by atoms with van der Waals surface area (Å²) in [7, 11) is 1.62. The van der Waals surface area contributed by atoms with Gasteiger partial charge < -0.3 is 9.64 Å². The van der Waals surface area contributed by atoms with Crippen LogP contribution in [0.1, 0.15) is 62.1 Å². The lowest BCUT2D eigenvalue weighted by Gasteiger charge is -2.32. The van der Waals surface area contributed by atoms with E-state index in [2.05, 4.69) is 30.9 Å². The summed E-state index contributed by atoms with van der Waals surface area (Å²) in [5.74, 6) is 1.93. The molecule has 186 valence electrons. The van der Waals surface area contributed by atoms with Crippen LogP contribution in [0.15, 0.2) is 30.5 Å². The molecule has 1 unspecified atom stereocenters. The van der Waals surface area contributed by atoms with Gasteiger partial charge in [0, 0.05) is 30.4 Å². The predicted molar refractivity (Wildman–Crippen MR) is 143 cm³/mol. The third kappa shape index (κ3) is 3.87. The van der Waals surface area contributed by atoms with Gasteiger partial charge in [0.05, 0.1) is 23.7 Å². The van der Waals surface area contributed by atoms with Gasteiger partial charge in [-0.3, -0.25) is 4.98 Å². The Kier molecular flexibility index (Phi) is 5.78. The average molecular weight is 485 g/mol. The van der Waals surface area contributed by atoms with E-state index in [-0.39, 0.29) is 5.82 Å². The number of halogens is 1. The molecule has 1 atom stereocenters. The largest absolute Gasteiger partial charge is 0.467 e. The lowest BCUT2D eigenvalue weighted by molar-refractivity contribution is 0.380. The van der Waals surface area contributed by atoms with Crippen molar-refractivity contribution in [1.82, 2.24) is 15.0 Å². The van der Waals surface area contributed by atoms with Crippen molar-refractivity contribution >= 4 is 27.5 Å². The van der Waals surface area contributed by atoms with Crippen molar-refractivity contribution in [1.29, 1.82) is 0 Å². The molecule has 3 heterocycles. The molecule has 0 radical (unpaired) electrons. The van der Waals surface area contributed by atoms with Crippen LogP contribution in [-0.2, 0) is 6.42 Å². The lowest BCUT2D eigenvalue weighted by atomic mass is 9.90. The number of aromatic nitrogens is 3. The standard InChI is InChI=1S/C30H33FN4O/c1-5-22-25(31)11-10-20-13-21(19-8-9-19)14-23(26(20)22)27-18(3)28-24(15-32-27)29(34-30(33-28)36-4)35-12-6-7-17(2)16-35/h10-11,13-15,17,19H,5-9,12,16H2,1-4H3. The van der Waals surface area contributed by atoms with Crippen molar-refractivity contribution in [3.63, 3.8) is 0 Å². The number of hydrogen-bond acceptors (Lipinski definition) is 5. The first-order valence-electron chi connectivity index (χ1n) is 13.2. The molecule has 6 rings (SSSR count). The molecule has 1 aliphatic carbocycles. The van der Waals surface area contributed by atoms with E-state index in [1.165, 1.54) is 24.8 Å². The average Bonchev–Trinajstić information content (AvgIpc) is 3.74. The van der Waals surface area contributed by atoms with Crippen LogP contribution in [0.5, 0.6) is 6.01 Å². The van der Waals surface area contributed by atoms with Crippen LogP contribution in [0.3, 0.4) is 0 Å². The summed E-state index contributed by atoms with van der Waals surface area (Å²) >= 11 is 0. The molecule has 36 heavy (non-hydrogen) atoms. The number of aryl methyl sites for hydroxylation is 2. The minimum absolute atomic E-state index is 0.158. The number of hydrogen-bond donors (Lipinski definition) is 0. The molecule has 1 saturated heterocycles. The molecule has 4 aromatic rings. The number of piperidine rings is 1. The van der Waals surface area contributed by atoms with Gasteiger partial charge >= 0.3 is 6.01 Å². The van der Waals surface area contributed by atoms with Crippen LogP contribution < -0.4 is 9.64 Å². The van der Waals surface area contributed by atoms with Gasteiger partial charge in [0.25, 0.3) is 0 Å². The van der Waals surface area contributed by atoms with Gasteiger partial charge in [0.1, 0.15) is 11.6 Å². The topological polar surface area (TPSA) is 51.1 Å². The molecule has 2 fully saturated rings. The van der Waals surface area contributed by atoms with E-state index in [0.29, 0.717) is 24.3 Å². The van der Waals surface area contributed by atoms with E-state index in [1.807, 2.05) is 19.2 Å². The maximum Gasteiger partial charge on any atom is 0.318 e. The molecule has 0 N–H and O–H groups in total. The third-order valence-corrected chi connectivity index (χ3v) is 7.93. The predicted octanol–water partition coefficient (Wildman–Crippen LogP) is 6.98. The van der Waals surface area contributed by atoms with Gasteiger partial charge in [-0.15, -0.1) is 0 Å². The van der Waals surface area contributed by atoms with Crippen LogP contribution in [0.4, 0.5) is 10.2 Å². The molecule has 0 bridgehead atoms.